The van der Waals surface area contributed by atoms with Gasteiger partial charge in [0.2, 0.25) is 5.95 Å². The molecule has 2 aromatic carbocycles. The van der Waals surface area contributed by atoms with Crippen LogP contribution in [0.15, 0.2) is 89.5 Å². The number of hydrogen-bond acceptors (Lipinski definition) is 5. The standard InChI is InChI=1S/C21H18N4O/c1-3-8-16(9-4-1)19-14-20(22-15-18-12-7-13-26-18)25-21(24-19)23-17-10-5-2-6-11-17/h1-14H,15H2,(H2,22,23,24,25). The summed E-state index contributed by atoms with van der Waals surface area (Å²) in [5, 5.41) is 6.56. The smallest absolute Gasteiger partial charge is 0.229 e. The highest BCUT2D eigenvalue weighted by molar-refractivity contribution is 5.66. The molecule has 5 nitrogen and oxygen atoms in total. The second kappa shape index (κ2) is 7.53. The zero-order chi connectivity index (χ0) is 17.6. The molecule has 0 bridgehead atoms. The molecule has 0 aliphatic heterocycles. The Hall–Kier alpha value is -3.60. The minimum atomic E-state index is 0.541. The van der Waals surface area contributed by atoms with Gasteiger partial charge < -0.3 is 15.1 Å². The summed E-state index contributed by atoms with van der Waals surface area (Å²) in [6, 6.07) is 25.7. The van der Waals surface area contributed by atoms with Crippen molar-refractivity contribution in [1.29, 1.82) is 0 Å². The van der Waals surface area contributed by atoms with Crippen molar-refractivity contribution in [3.63, 3.8) is 0 Å². The number of aromatic nitrogens is 2. The first-order valence-electron chi connectivity index (χ1n) is 8.40. The van der Waals surface area contributed by atoms with E-state index in [0.717, 1.165) is 28.5 Å². The molecule has 0 aliphatic carbocycles. The van der Waals surface area contributed by atoms with Crippen molar-refractivity contribution in [1.82, 2.24) is 9.97 Å². The van der Waals surface area contributed by atoms with Crippen LogP contribution in [0.1, 0.15) is 5.76 Å². The number of benzene rings is 2. The maximum absolute atomic E-state index is 5.37. The number of para-hydroxylation sites is 1. The molecule has 26 heavy (non-hydrogen) atoms. The Morgan fingerprint density at radius 3 is 2.31 bits per heavy atom. The van der Waals surface area contributed by atoms with Gasteiger partial charge in [-0.1, -0.05) is 48.5 Å². The van der Waals surface area contributed by atoms with Crippen LogP contribution < -0.4 is 10.6 Å². The van der Waals surface area contributed by atoms with Crippen LogP contribution in [0.25, 0.3) is 11.3 Å². The zero-order valence-corrected chi connectivity index (χ0v) is 14.1. The van der Waals surface area contributed by atoms with Crippen molar-refractivity contribution in [2.75, 3.05) is 10.6 Å². The fraction of sp³-hybridized carbons (Fsp3) is 0.0476. The van der Waals surface area contributed by atoms with Gasteiger partial charge in [0, 0.05) is 17.3 Å². The van der Waals surface area contributed by atoms with E-state index in [1.54, 1.807) is 6.26 Å². The maximum atomic E-state index is 5.37. The van der Waals surface area contributed by atoms with Crippen molar-refractivity contribution in [2.24, 2.45) is 0 Å². The van der Waals surface area contributed by atoms with Gasteiger partial charge in [-0.15, -0.1) is 0 Å². The first-order chi connectivity index (χ1) is 12.9. The van der Waals surface area contributed by atoms with Gasteiger partial charge in [-0.3, -0.25) is 0 Å². The van der Waals surface area contributed by atoms with Gasteiger partial charge in [-0.2, -0.15) is 4.98 Å². The minimum absolute atomic E-state index is 0.541. The Morgan fingerprint density at radius 2 is 1.58 bits per heavy atom. The fourth-order valence-corrected chi connectivity index (χ4v) is 2.59. The predicted molar refractivity (Wildman–Crippen MR) is 103 cm³/mol. The van der Waals surface area contributed by atoms with E-state index in [-0.39, 0.29) is 0 Å². The minimum Gasteiger partial charge on any atom is -0.467 e. The molecule has 2 aromatic heterocycles. The molecule has 128 valence electrons. The lowest BCUT2D eigenvalue weighted by Crippen LogP contribution is -2.05. The van der Waals surface area contributed by atoms with Gasteiger partial charge >= 0.3 is 0 Å². The second-order valence-electron chi connectivity index (χ2n) is 5.75. The zero-order valence-electron chi connectivity index (χ0n) is 14.1. The maximum Gasteiger partial charge on any atom is 0.229 e. The molecule has 0 fully saturated rings. The summed E-state index contributed by atoms with van der Waals surface area (Å²) in [4.78, 5) is 9.24. The van der Waals surface area contributed by atoms with Gasteiger partial charge in [0.25, 0.3) is 0 Å². The first kappa shape index (κ1) is 15.9. The van der Waals surface area contributed by atoms with Crippen molar-refractivity contribution >= 4 is 17.5 Å². The molecular weight excluding hydrogens is 324 g/mol. The molecular formula is C21H18N4O. The molecule has 5 heteroatoms. The van der Waals surface area contributed by atoms with Crippen molar-refractivity contribution in [3.05, 3.63) is 90.9 Å². The van der Waals surface area contributed by atoms with Crippen LogP contribution in [-0.4, -0.2) is 9.97 Å². The Kier molecular flexibility index (Phi) is 4.60. The van der Waals surface area contributed by atoms with Crippen LogP contribution >= 0.6 is 0 Å². The summed E-state index contributed by atoms with van der Waals surface area (Å²) in [5.41, 5.74) is 2.82. The Labute approximate surface area is 151 Å². The summed E-state index contributed by atoms with van der Waals surface area (Å²) in [6.45, 7) is 0.559. The highest BCUT2D eigenvalue weighted by Gasteiger charge is 2.08. The average molecular weight is 342 g/mol. The van der Waals surface area contributed by atoms with Crippen LogP contribution in [0.4, 0.5) is 17.5 Å². The van der Waals surface area contributed by atoms with Gasteiger partial charge in [-0.25, -0.2) is 4.98 Å². The molecule has 0 saturated heterocycles. The first-order valence-corrected chi connectivity index (χ1v) is 8.40. The normalized spacial score (nSPS) is 10.5. The molecule has 0 amide bonds. The lowest BCUT2D eigenvalue weighted by Gasteiger charge is -2.11. The molecule has 0 aliphatic rings. The van der Waals surface area contributed by atoms with E-state index >= 15 is 0 Å². The highest BCUT2D eigenvalue weighted by atomic mass is 16.3. The summed E-state index contributed by atoms with van der Waals surface area (Å²) in [7, 11) is 0. The van der Waals surface area contributed by atoms with Gasteiger partial charge in [0.15, 0.2) is 0 Å². The molecule has 0 atom stereocenters. The number of nitrogens with zero attached hydrogens (tertiary/aromatic N) is 2. The molecule has 0 unspecified atom stereocenters. The van der Waals surface area contributed by atoms with Crippen LogP contribution in [0.5, 0.6) is 0 Å². The topological polar surface area (TPSA) is 63.0 Å². The van der Waals surface area contributed by atoms with E-state index in [2.05, 4.69) is 20.6 Å². The van der Waals surface area contributed by atoms with Crippen LogP contribution in [0.3, 0.4) is 0 Å². The molecule has 0 saturated carbocycles. The molecule has 2 N–H and O–H groups in total. The van der Waals surface area contributed by atoms with E-state index < -0.39 is 0 Å². The van der Waals surface area contributed by atoms with Gasteiger partial charge in [0.1, 0.15) is 11.6 Å². The molecule has 4 rings (SSSR count). The largest absolute Gasteiger partial charge is 0.467 e. The van der Waals surface area contributed by atoms with E-state index in [4.69, 9.17) is 4.42 Å². The molecule has 0 spiro atoms. The Balaban J connectivity index is 1.64. The van der Waals surface area contributed by atoms with Crippen LogP contribution in [0, 0.1) is 0 Å². The predicted octanol–water partition coefficient (Wildman–Crippen LogP) is 5.09. The second-order valence-corrected chi connectivity index (χ2v) is 5.75. The lowest BCUT2D eigenvalue weighted by atomic mass is 10.1. The molecule has 0 radical (unpaired) electrons. The van der Waals surface area contributed by atoms with Crippen molar-refractivity contribution in [2.45, 2.75) is 6.54 Å². The number of nitrogens with one attached hydrogen (secondary N) is 2. The van der Waals surface area contributed by atoms with Crippen LogP contribution in [-0.2, 0) is 6.54 Å². The highest BCUT2D eigenvalue weighted by Crippen LogP contribution is 2.23. The van der Waals surface area contributed by atoms with Crippen LogP contribution in [0.2, 0.25) is 0 Å². The SMILES string of the molecule is c1ccc(Nc2nc(NCc3ccco3)cc(-c3ccccc3)n2)cc1. The summed E-state index contributed by atoms with van der Waals surface area (Å²) >= 11 is 0. The lowest BCUT2D eigenvalue weighted by molar-refractivity contribution is 0.518. The summed E-state index contributed by atoms with van der Waals surface area (Å²) in [6.07, 6.45) is 1.66. The monoisotopic (exact) mass is 342 g/mol. The third kappa shape index (κ3) is 3.89. The molecule has 2 heterocycles. The average Bonchev–Trinajstić information content (AvgIpc) is 3.21. The number of rotatable bonds is 6. The van der Waals surface area contributed by atoms with E-state index in [0.29, 0.717) is 12.5 Å². The number of furan rings is 1. The Morgan fingerprint density at radius 1 is 0.808 bits per heavy atom. The Bertz CT molecular complexity index is 954. The molecule has 4 aromatic rings. The fourth-order valence-electron chi connectivity index (χ4n) is 2.59. The van der Waals surface area contributed by atoms with E-state index in [1.165, 1.54) is 0 Å². The van der Waals surface area contributed by atoms with E-state index in [9.17, 15) is 0 Å². The third-order valence-electron chi connectivity index (χ3n) is 3.85. The number of anilines is 3. The van der Waals surface area contributed by atoms with Gasteiger partial charge in [-0.05, 0) is 24.3 Å². The van der Waals surface area contributed by atoms with E-state index in [1.807, 2.05) is 78.9 Å². The third-order valence-corrected chi connectivity index (χ3v) is 3.85. The summed E-state index contributed by atoms with van der Waals surface area (Å²) in [5.74, 6) is 2.12. The van der Waals surface area contributed by atoms with Gasteiger partial charge in [0.05, 0.1) is 18.5 Å². The quantitative estimate of drug-likeness (QED) is 0.511. The van der Waals surface area contributed by atoms with Crippen molar-refractivity contribution in [3.8, 4) is 11.3 Å². The summed E-state index contributed by atoms with van der Waals surface area (Å²) < 4.78 is 5.37. The number of hydrogen-bond donors (Lipinski definition) is 2. The van der Waals surface area contributed by atoms with Crippen molar-refractivity contribution < 1.29 is 4.42 Å².